The number of carbonyl (C=O) groups is 2. The number of aromatic nitrogens is 2. The van der Waals surface area contributed by atoms with E-state index < -0.39 is 5.91 Å². The SMILES string of the molecule is Cc1cc(NC(=O)Cn2cc(C(=O)N3CCCC(C)(C)C3)ccc2=O)no1. The number of amides is 2. The van der Waals surface area contributed by atoms with Crippen molar-refractivity contribution < 1.29 is 14.1 Å². The van der Waals surface area contributed by atoms with Crippen molar-refractivity contribution >= 4 is 17.6 Å². The average Bonchev–Trinajstić information content (AvgIpc) is 3.00. The van der Waals surface area contributed by atoms with Crippen molar-refractivity contribution in [1.82, 2.24) is 14.6 Å². The quantitative estimate of drug-likeness (QED) is 0.886. The van der Waals surface area contributed by atoms with Crippen LogP contribution in [0.5, 0.6) is 0 Å². The molecule has 8 heteroatoms. The minimum Gasteiger partial charge on any atom is -0.360 e. The number of anilines is 1. The van der Waals surface area contributed by atoms with E-state index in [-0.39, 0.29) is 29.2 Å². The molecule has 1 saturated heterocycles. The number of likely N-dealkylation sites (tertiary alicyclic amines) is 1. The van der Waals surface area contributed by atoms with Crippen LogP contribution in [-0.2, 0) is 11.3 Å². The zero-order valence-electron chi connectivity index (χ0n) is 15.8. The summed E-state index contributed by atoms with van der Waals surface area (Å²) in [5.41, 5.74) is 0.132. The minimum atomic E-state index is -0.422. The Morgan fingerprint density at radius 1 is 1.33 bits per heavy atom. The van der Waals surface area contributed by atoms with E-state index in [1.54, 1.807) is 13.0 Å². The first-order chi connectivity index (χ1) is 12.7. The molecule has 1 aliphatic rings. The van der Waals surface area contributed by atoms with E-state index in [0.717, 1.165) is 12.8 Å². The molecule has 3 heterocycles. The second-order valence-corrected chi connectivity index (χ2v) is 7.75. The Labute approximate surface area is 157 Å². The summed E-state index contributed by atoms with van der Waals surface area (Å²) in [6, 6.07) is 4.41. The predicted molar refractivity (Wildman–Crippen MR) is 99.5 cm³/mol. The highest BCUT2D eigenvalue weighted by Crippen LogP contribution is 2.29. The second kappa shape index (κ2) is 7.38. The van der Waals surface area contributed by atoms with Crippen LogP contribution in [-0.4, -0.2) is 39.5 Å². The normalized spacial score (nSPS) is 16.2. The lowest BCUT2D eigenvalue weighted by Gasteiger charge is -2.38. The Morgan fingerprint density at radius 3 is 2.78 bits per heavy atom. The molecule has 0 spiro atoms. The number of carbonyl (C=O) groups excluding carboxylic acids is 2. The van der Waals surface area contributed by atoms with Crippen LogP contribution < -0.4 is 10.9 Å². The molecule has 1 N–H and O–H groups in total. The summed E-state index contributed by atoms with van der Waals surface area (Å²) in [5.74, 6) is 0.311. The van der Waals surface area contributed by atoms with Crippen molar-refractivity contribution in [3.63, 3.8) is 0 Å². The van der Waals surface area contributed by atoms with E-state index in [0.29, 0.717) is 24.4 Å². The van der Waals surface area contributed by atoms with Gasteiger partial charge in [0, 0.05) is 31.4 Å². The van der Waals surface area contributed by atoms with E-state index >= 15 is 0 Å². The number of pyridine rings is 1. The average molecular weight is 372 g/mol. The highest BCUT2D eigenvalue weighted by Gasteiger charge is 2.29. The summed E-state index contributed by atoms with van der Waals surface area (Å²) in [5, 5.41) is 6.25. The van der Waals surface area contributed by atoms with Crippen molar-refractivity contribution in [3.8, 4) is 0 Å². The fraction of sp³-hybridized carbons (Fsp3) is 0.474. The number of rotatable bonds is 4. The van der Waals surface area contributed by atoms with Crippen LogP contribution >= 0.6 is 0 Å². The van der Waals surface area contributed by atoms with Gasteiger partial charge in [-0.3, -0.25) is 14.4 Å². The Morgan fingerprint density at radius 2 is 2.11 bits per heavy atom. The van der Waals surface area contributed by atoms with Gasteiger partial charge >= 0.3 is 0 Å². The largest absolute Gasteiger partial charge is 0.360 e. The lowest BCUT2D eigenvalue weighted by molar-refractivity contribution is -0.116. The Balaban J connectivity index is 1.73. The smallest absolute Gasteiger partial charge is 0.255 e. The van der Waals surface area contributed by atoms with Crippen molar-refractivity contribution in [2.45, 2.75) is 40.2 Å². The van der Waals surface area contributed by atoms with Gasteiger partial charge in [0.1, 0.15) is 12.3 Å². The van der Waals surface area contributed by atoms with Crippen LogP contribution in [0.15, 0.2) is 33.7 Å². The fourth-order valence-corrected chi connectivity index (χ4v) is 3.32. The third-order valence-electron chi connectivity index (χ3n) is 4.63. The monoisotopic (exact) mass is 372 g/mol. The first-order valence-corrected chi connectivity index (χ1v) is 8.96. The zero-order valence-corrected chi connectivity index (χ0v) is 15.8. The maximum absolute atomic E-state index is 12.8. The van der Waals surface area contributed by atoms with Gasteiger partial charge in [0.2, 0.25) is 5.91 Å². The van der Waals surface area contributed by atoms with E-state index in [1.807, 2.05) is 4.90 Å². The Hall–Kier alpha value is -2.90. The Bertz CT molecular complexity index is 912. The van der Waals surface area contributed by atoms with E-state index in [1.165, 1.54) is 22.9 Å². The van der Waals surface area contributed by atoms with Crippen molar-refractivity contribution in [3.05, 3.63) is 46.1 Å². The number of nitrogens with zero attached hydrogens (tertiary/aromatic N) is 3. The molecule has 0 unspecified atom stereocenters. The third-order valence-corrected chi connectivity index (χ3v) is 4.63. The van der Waals surface area contributed by atoms with Crippen molar-refractivity contribution in [2.24, 2.45) is 5.41 Å². The van der Waals surface area contributed by atoms with Crippen LogP contribution in [0.4, 0.5) is 5.82 Å². The number of hydrogen-bond acceptors (Lipinski definition) is 5. The molecule has 27 heavy (non-hydrogen) atoms. The Kier molecular flexibility index (Phi) is 5.16. The van der Waals surface area contributed by atoms with Gasteiger partial charge in [-0.2, -0.15) is 0 Å². The van der Waals surface area contributed by atoms with E-state index in [4.69, 9.17) is 4.52 Å². The maximum Gasteiger partial charge on any atom is 0.255 e. The molecule has 2 aromatic rings. The molecule has 2 aromatic heterocycles. The molecule has 0 radical (unpaired) electrons. The van der Waals surface area contributed by atoms with Crippen LogP contribution in [0.1, 0.15) is 42.8 Å². The van der Waals surface area contributed by atoms with Gasteiger partial charge in [0.05, 0.1) is 5.56 Å². The van der Waals surface area contributed by atoms with Crippen LogP contribution in [0, 0.1) is 12.3 Å². The highest BCUT2D eigenvalue weighted by atomic mass is 16.5. The zero-order chi connectivity index (χ0) is 19.6. The van der Waals surface area contributed by atoms with Crippen LogP contribution in [0.25, 0.3) is 0 Å². The first-order valence-electron chi connectivity index (χ1n) is 8.96. The molecule has 2 amide bonds. The molecular formula is C19H24N4O4. The summed E-state index contributed by atoms with van der Waals surface area (Å²) in [6.45, 7) is 7.17. The molecule has 0 atom stereocenters. The van der Waals surface area contributed by atoms with Crippen molar-refractivity contribution in [1.29, 1.82) is 0 Å². The third kappa shape index (κ3) is 4.64. The number of hydrogen-bond donors (Lipinski definition) is 1. The standard InChI is InChI=1S/C19H24N4O4/c1-13-9-15(21-27-13)20-16(24)11-23-10-14(5-6-17(23)25)18(26)22-8-4-7-19(2,3)12-22/h5-6,9-10H,4,7-8,11-12H2,1-3H3,(H,20,21,24). The molecule has 0 aromatic carbocycles. The summed E-state index contributed by atoms with van der Waals surface area (Å²) in [4.78, 5) is 38.9. The number of aryl methyl sites for hydroxylation is 1. The first kappa shape index (κ1) is 18.9. The molecule has 0 aliphatic carbocycles. The van der Waals surface area contributed by atoms with Gasteiger partial charge in [0.25, 0.3) is 11.5 Å². The molecular weight excluding hydrogens is 348 g/mol. The number of nitrogens with one attached hydrogen (secondary N) is 1. The van der Waals surface area contributed by atoms with Gasteiger partial charge in [-0.05, 0) is 31.2 Å². The lowest BCUT2D eigenvalue weighted by Crippen LogP contribution is -2.43. The van der Waals surface area contributed by atoms with Gasteiger partial charge in [-0.15, -0.1) is 0 Å². The minimum absolute atomic E-state index is 0.0813. The summed E-state index contributed by atoms with van der Waals surface area (Å²) < 4.78 is 6.12. The summed E-state index contributed by atoms with van der Waals surface area (Å²) in [6.07, 6.45) is 3.48. The lowest BCUT2D eigenvalue weighted by atomic mass is 9.84. The summed E-state index contributed by atoms with van der Waals surface area (Å²) >= 11 is 0. The second-order valence-electron chi connectivity index (χ2n) is 7.75. The molecule has 8 nitrogen and oxygen atoms in total. The van der Waals surface area contributed by atoms with Gasteiger partial charge < -0.3 is 19.3 Å². The maximum atomic E-state index is 12.8. The topological polar surface area (TPSA) is 97.4 Å². The molecule has 1 aliphatic heterocycles. The molecule has 0 saturated carbocycles. The molecule has 3 rings (SSSR count). The van der Waals surface area contributed by atoms with E-state index in [9.17, 15) is 14.4 Å². The van der Waals surface area contributed by atoms with Gasteiger partial charge in [-0.25, -0.2) is 0 Å². The fourth-order valence-electron chi connectivity index (χ4n) is 3.32. The van der Waals surface area contributed by atoms with Crippen LogP contribution in [0.2, 0.25) is 0 Å². The van der Waals surface area contributed by atoms with Crippen LogP contribution in [0.3, 0.4) is 0 Å². The summed E-state index contributed by atoms with van der Waals surface area (Å²) in [7, 11) is 0. The number of piperidine rings is 1. The molecule has 0 bridgehead atoms. The van der Waals surface area contributed by atoms with E-state index in [2.05, 4.69) is 24.3 Å². The van der Waals surface area contributed by atoms with Crippen molar-refractivity contribution in [2.75, 3.05) is 18.4 Å². The molecule has 1 fully saturated rings. The highest BCUT2D eigenvalue weighted by molar-refractivity contribution is 5.94. The van der Waals surface area contributed by atoms with Gasteiger partial charge in [0.15, 0.2) is 5.82 Å². The predicted octanol–water partition coefficient (Wildman–Crippen LogP) is 2.05. The molecule has 144 valence electrons. The van der Waals surface area contributed by atoms with Gasteiger partial charge in [-0.1, -0.05) is 19.0 Å².